The van der Waals surface area contributed by atoms with Gasteiger partial charge in [0.1, 0.15) is 12.1 Å². The summed E-state index contributed by atoms with van der Waals surface area (Å²) in [5.74, 6) is -2.22. The maximum atomic E-state index is 12.8. The summed E-state index contributed by atoms with van der Waals surface area (Å²) in [6.45, 7) is 1.37. The van der Waals surface area contributed by atoms with Gasteiger partial charge < -0.3 is 26.5 Å². The van der Waals surface area contributed by atoms with Gasteiger partial charge in [-0.25, -0.2) is 0 Å². The molecule has 2 amide bonds. The first-order chi connectivity index (χ1) is 14.8. The average molecular weight is 422 g/mol. The Morgan fingerprint density at radius 1 is 0.968 bits per heavy atom. The maximum Gasteiger partial charge on any atom is 0.325 e. The van der Waals surface area contributed by atoms with Gasteiger partial charge in [-0.2, -0.15) is 0 Å². The van der Waals surface area contributed by atoms with Gasteiger partial charge in [0, 0.05) is 23.5 Å². The first-order valence-corrected chi connectivity index (χ1v) is 10.0. The van der Waals surface area contributed by atoms with Gasteiger partial charge in [0.2, 0.25) is 11.8 Å². The van der Waals surface area contributed by atoms with E-state index in [-0.39, 0.29) is 6.42 Å². The summed E-state index contributed by atoms with van der Waals surface area (Å²) in [5, 5.41) is 15.2. The first-order valence-electron chi connectivity index (χ1n) is 10.0. The largest absolute Gasteiger partial charge is 0.480 e. The molecule has 8 heteroatoms. The van der Waals surface area contributed by atoms with Crippen LogP contribution in [0, 0.1) is 0 Å². The predicted molar refractivity (Wildman–Crippen MR) is 117 cm³/mol. The number of nitrogens with one attached hydrogen (secondary N) is 3. The maximum absolute atomic E-state index is 12.8. The number of rotatable bonds is 9. The number of benzene rings is 2. The van der Waals surface area contributed by atoms with E-state index in [1.165, 1.54) is 6.92 Å². The number of carbonyl (C=O) groups excluding carboxylic acids is 2. The Labute approximate surface area is 179 Å². The SMILES string of the molecule is C[C@H](NC(=O)[C@H](Cc1c[nH]c2ccccc12)NC(=O)[C@@H](N)Cc1ccccc1)C(=O)O. The topological polar surface area (TPSA) is 137 Å². The van der Waals surface area contributed by atoms with Crippen molar-refractivity contribution >= 4 is 28.7 Å². The number of fused-ring (bicyclic) bond motifs is 1. The van der Waals surface area contributed by atoms with Gasteiger partial charge in [-0.3, -0.25) is 14.4 Å². The average Bonchev–Trinajstić information content (AvgIpc) is 3.16. The number of nitrogens with two attached hydrogens (primary N) is 1. The fourth-order valence-electron chi connectivity index (χ4n) is 3.34. The van der Waals surface area contributed by atoms with E-state index >= 15 is 0 Å². The third-order valence-electron chi connectivity index (χ3n) is 5.10. The molecule has 0 spiro atoms. The zero-order valence-electron chi connectivity index (χ0n) is 17.2. The van der Waals surface area contributed by atoms with E-state index in [2.05, 4.69) is 15.6 Å². The molecule has 31 heavy (non-hydrogen) atoms. The van der Waals surface area contributed by atoms with Crippen LogP contribution in [0.2, 0.25) is 0 Å². The van der Waals surface area contributed by atoms with Crippen LogP contribution in [-0.4, -0.2) is 46.0 Å². The number of aromatic amines is 1. The van der Waals surface area contributed by atoms with Crippen molar-refractivity contribution in [3.8, 4) is 0 Å². The Morgan fingerprint density at radius 3 is 2.35 bits per heavy atom. The fourth-order valence-corrected chi connectivity index (χ4v) is 3.34. The zero-order chi connectivity index (χ0) is 22.4. The van der Waals surface area contributed by atoms with Crippen molar-refractivity contribution in [2.45, 2.75) is 37.9 Å². The molecule has 0 aliphatic heterocycles. The lowest BCUT2D eigenvalue weighted by molar-refractivity contribution is -0.141. The molecule has 3 aromatic rings. The molecule has 1 aromatic heterocycles. The normalized spacial score (nSPS) is 13.9. The van der Waals surface area contributed by atoms with Gasteiger partial charge in [0.05, 0.1) is 6.04 Å². The van der Waals surface area contributed by atoms with Crippen molar-refractivity contribution in [1.82, 2.24) is 15.6 Å². The first kappa shape index (κ1) is 22.0. The molecule has 0 fully saturated rings. The van der Waals surface area contributed by atoms with Crippen molar-refractivity contribution in [2.75, 3.05) is 0 Å². The number of aromatic nitrogens is 1. The number of H-pyrrole nitrogens is 1. The molecule has 0 unspecified atom stereocenters. The second-order valence-electron chi connectivity index (χ2n) is 7.49. The van der Waals surface area contributed by atoms with E-state index in [4.69, 9.17) is 10.8 Å². The number of para-hydroxylation sites is 1. The molecule has 6 N–H and O–H groups in total. The summed E-state index contributed by atoms with van der Waals surface area (Å²) in [4.78, 5) is 39.8. The number of hydrogen-bond donors (Lipinski definition) is 5. The van der Waals surface area contributed by atoms with Crippen LogP contribution in [0.4, 0.5) is 0 Å². The molecule has 0 saturated carbocycles. The summed E-state index contributed by atoms with van der Waals surface area (Å²) >= 11 is 0. The van der Waals surface area contributed by atoms with Gasteiger partial charge in [-0.05, 0) is 30.5 Å². The predicted octanol–water partition coefficient (Wildman–Crippen LogP) is 1.35. The number of hydrogen-bond acceptors (Lipinski definition) is 4. The van der Waals surface area contributed by atoms with Crippen molar-refractivity contribution in [3.05, 3.63) is 71.9 Å². The molecule has 8 nitrogen and oxygen atoms in total. The lowest BCUT2D eigenvalue weighted by Crippen LogP contribution is -2.55. The second-order valence-corrected chi connectivity index (χ2v) is 7.49. The number of carboxylic acids is 1. The fraction of sp³-hybridized carbons (Fsp3) is 0.261. The van der Waals surface area contributed by atoms with Crippen LogP contribution in [0.1, 0.15) is 18.1 Å². The standard InChI is InChI=1S/C23H26N4O4/c1-14(23(30)31)26-22(29)20(12-16-13-25-19-10-6-5-9-17(16)19)27-21(28)18(24)11-15-7-3-2-4-8-15/h2-10,13-14,18,20,25H,11-12,24H2,1H3,(H,26,29)(H,27,28)(H,30,31)/t14-,18-,20-/m0/s1. The zero-order valence-corrected chi connectivity index (χ0v) is 17.2. The highest BCUT2D eigenvalue weighted by molar-refractivity contribution is 5.92. The number of amides is 2. The summed E-state index contributed by atoms with van der Waals surface area (Å²) in [6, 6.07) is 14.0. The molecule has 0 aliphatic carbocycles. The van der Waals surface area contributed by atoms with Crippen LogP contribution in [-0.2, 0) is 27.2 Å². The number of carbonyl (C=O) groups is 3. The molecule has 2 aromatic carbocycles. The third-order valence-corrected chi connectivity index (χ3v) is 5.10. The van der Waals surface area contributed by atoms with Crippen LogP contribution >= 0.6 is 0 Å². The number of carboxylic acid groups (broad SMARTS) is 1. The minimum Gasteiger partial charge on any atom is -0.480 e. The quantitative estimate of drug-likeness (QED) is 0.354. The lowest BCUT2D eigenvalue weighted by atomic mass is 10.0. The molecule has 1 heterocycles. The van der Waals surface area contributed by atoms with E-state index in [0.29, 0.717) is 6.42 Å². The van der Waals surface area contributed by atoms with Crippen LogP contribution in [0.15, 0.2) is 60.8 Å². The molecule has 0 radical (unpaired) electrons. The molecule has 0 saturated heterocycles. The Balaban J connectivity index is 1.76. The van der Waals surface area contributed by atoms with E-state index in [1.54, 1.807) is 6.20 Å². The summed E-state index contributed by atoms with van der Waals surface area (Å²) < 4.78 is 0. The molecule has 3 atom stereocenters. The highest BCUT2D eigenvalue weighted by atomic mass is 16.4. The molecular weight excluding hydrogens is 396 g/mol. The summed E-state index contributed by atoms with van der Waals surface area (Å²) in [5.41, 5.74) is 8.71. The smallest absolute Gasteiger partial charge is 0.325 e. The Morgan fingerprint density at radius 2 is 1.65 bits per heavy atom. The van der Waals surface area contributed by atoms with E-state index in [9.17, 15) is 14.4 Å². The Hall–Kier alpha value is -3.65. The minimum atomic E-state index is -1.16. The molecule has 0 bridgehead atoms. The third kappa shape index (κ3) is 5.70. The van der Waals surface area contributed by atoms with Crippen molar-refractivity contribution < 1.29 is 19.5 Å². The molecular formula is C23H26N4O4. The van der Waals surface area contributed by atoms with Crippen LogP contribution in [0.5, 0.6) is 0 Å². The van der Waals surface area contributed by atoms with E-state index in [0.717, 1.165) is 22.0 Å². The summed E-state index contributed by atoms with van der Waals surface area (Å²) in [6.07, 6.45) is 2.28. The highest BCUT2D eigenvalue weighted by Gasteiger charge is 2.27. The minimum absolute atomic E-state index is 0.186. The van der Waals surface area contributed by atoms with E-state index in [1.807, 2.05) is 54.6 Å². The van der Waals surface area contributed by atoms with Crippen LogP contribution in [0.25, 0.3) is 10.9 Å². The lowest BCUT2D eigenvalue weighted by Gasteiger charge is -2.22. The van der Waals surface area contributed by atoms with Gasteiger partial charge in [0.25, 0.3) is 0 Å². The molecule has 162 valence electrons. The number of aliphatic carboxylic acids is 1. The van der Waals surface area contributed by atoms with Crippen molar-refractivity contribution in [2.24, 2.45) is 5.73 Å². The van der Waals surface area contributed by atoms with Gasteiger partial charge in [-0.15, -0.1) is 0 Å². The monoisotopic (exact) mass is 422 g/mol. The highest BCUT2D eigenvalue weighted by Crippen LogP contribution is 2.19. The van der Waals surface area contributed by atoms with Crippen molar-refractivity contribution in [3.63, 3.8) is 0 Å². The van der Waals surface area contributed by atoms with E-state index < -0.39 is 35.9 Å². The Bertz CT molecular complexity index is 1060. The van der Waals surface area contributed by atoms with Gasteiger partial charge in [-0.1, -0.05) is 48.5 Å². The summed E-state index contributed by atoms with van der Waals surface area (Å²) in [7, 11) is 0. The Kier molecular flexibility index (Phi) is 7.04. The van der Waals surface area contributed by atoms with Gasteiger partial charge in [0.15, 0.2) is 0 Å². The molecule has 0 aliphatic rings. The molecule has 3 rings (SSSR count). The van der Waals surface area contributed by atoms with Crippen molar-refractivity contribution in [1.29, 1.82) is 0 Å². The van der Waals surface area contributed by atoms with Crippen LogP contribution < -0.4 is 16.4 Å². The van der Waals surface area contributed by atoms with Gasteiger partial charge >= 0.3 is 5.97 Å². The second kappa shape index (κ2) is 9.90. The van der Waals surface area contributed by atoms with Crippen LogP contribution in [0.3, 0.4) is 0 Å².